The lowest BCUT2D eigenvalue weighted by Crippen LogP contribution is -2.32. The van der Waals surface area contributed by atoms with Gasteiger partial charge in [0, 0.05) is 11.0 Å². The second-order valence-corrected chi connectivity index (χ2v) is 6.81. The van der Waals surface area contributed by atoms with Gasteiger partial charge in [0.05, 0.1) is 22.4 Å². The maximum absolute atomic E-state index is 13.4. The Morgan fingerprint density at radius 3 is 2.34 bits per heavy atom. The Morgan fingerprint density at radius 2 is 1.76 bits per heavy atom. The number of aromatic nitrogens is 1. The number of pyridine rings is 1. The first-order valence-electron chi connectivity index (χ1n) is 7.47. The molecule has 7 nitrogen and oxygen atoms in total. The standard InChI is InChI=1S/C16H7F5N4O3S/c17-15(18,19)16(20,21)29-9-3-1-2-8(7(9)5-22)25-10(26)4-6-11(12(25)23)14(28)24-13(6)27/h1-4H,23H2,(H,24,27,28). The molecule has 29 heavy (non-hydrogen) atoms. The van der Waals surface area contributed by atoms with E-state index in [-0.39, 0.29) is 11.1 Å². The fourth-order valence-corrected chi connectivity index (χ4v) is 3.42. The molecular weight excluding hydrogens is 423 g/mol. The Hall–Kier alpha value is -3.40. The van der Waals surface area contributed by atoms with Crippen LogP contribution < -0.4 is 16.6 Å². The van der Waals surface area contributed by atoms with Crippen LogP contribution in [0.25, 0.3) is 5.69 Å². The lowest BCUT2D eigenvalue weighted by molar-refractivity contribution is -0.237. The largest absolute Gasteiger partial charge is 0.464 e. The van der Waals surface area contributed by atoms with Crippen molar-refractivity contribution in [3.63, 3.8) is 0 Å². The molecule has 1 aliphatic rings. The van der Waals surface area contributed by atoms with E-state index < -0.39 is 62.5 Å². The average Bonchev–Trinajstić information content (AvgIpc) is 2.87. The molecule has 2 amide bonds. The van der Waals surface area contributed by atoms with E-state index in [4.69, 9.17) is 5.73 Å². The minimum absolute atomic E-state index is 0.318. The number of alkyl halides is 5. The number of nitrogens with one attached hydrogen (secondary N) is 1. The van der Waals surface area contributed by atoms with E-state index in [0.29, 0.717) is 4.57 Å². The van der Waals surface area contributed by atoms with Gasteiger partial charge < -0.3 is 5.73 Å². The third-order valence-electron chi connectivity index (χ3n) is 3.88. The van der Waals surface area contributed by atoms with Gasteiger partial charge in [0.15, 0.2) is 0 Å². The molecule has 0 bridgehead atoms. The van der Waals surface area contributed by atoms with Crippen LogP contribution >= 0.6 is 11.8 Å². The first-order valence-corrected chi connectivity index (χ1v) is 8.29. The van der Waals surface area contributed by atoms with Crippen LogP contribution in [0.15, 0.2) is 34.0 Å². The maximum atomic E-state index is 13.4. The van der Waals surface area contributed by atoms with Gasteiger partial charge in [-0.2, -0.15) is 27.2 Å². The predicted octanol–water partition coefficient (Wildman–Crippen LogP) is 2.42. The molecule has 3 N–H and O–H groups in total. The van der Waals surface area contributed by atoms with Gasteiger partial charge in [-0.1, -0.05) is 6.07 Å². The summed E-state index contributed by atoms with van der Waals surface area (Å²) in [5, 5.41) is 6.05. The molecule has 150 valence electrons. The monoisotopic (exact) mass is 430 g/mol. The van der Waals surface area contributed by atoms with Crippen molar-refractivity contribution in [2.24, 2.45) is 0 Å². The van der Waals surface area contributed by atoms with E-state index >= 15 is 0 Å². The summed E-state index contributed by atoms with van der Waals surface area (Å²) in [6, 6.07) is 5.18. The number of fused-ring (bicyclic) bond motifs is 1. The van der Waals surface area contributed by atoms with Crippen molar-refractivity contribution < 1.29 is 31.5 Å². The van der Waals surface area contributed by atoms with Gasteiger partial charge >= 0.3 is 11.4 Å². The first kappa shape index (κ1) is 20.3. The second-order valence-electron chi connectivity index (χ2n) is 5.65. The Morgan fingerprint density at radius 1 is 1.10 bits per heavy atom. The van der Waals surface area contributed by atoms with Crippen molar-refractivity contribution in [2.45, 2.75) is 16.3 Å². The van der Waals surface area contributed by atoms with E-state index in [1.165, 1.54) is 6.07 Å². The fourth-order valence-electron chi connectivity index (χ4n) is 2.63. The molecule has 1 aromatic carbocycles. The molecule has 0 saturated carbocycles. The number of halogens is 5. The van der Waals surface area contributed by atoms with Gasteiger partial charge in [-0.3, -0.25) is 24.3 Å². The van der Waals surface area contributed by atoms with Crippen LogP contribution in [0.3, 0.4) is 0 Å². The number of imide groups is 1. The molecule has 2 heterocycles. The molecule has 0 radical (unpaired) electrons. The zero-order valence-electron chi connectivity index (χ0n) is 13.8. The van der Waals surface area contributed by atoms with Crippen LogP contribution in [0.2, 0.25) is 0 Å². The van der Waals surface area contributed by atoms with Crippen LogP contribution in [0, 0.1) is 11.3 Å². The van der Waals surface area contributed by atoms with Gasteiger partial charge in [0.1, 0.15) is 11.9 Å². The Balaban J connectivity index is 2.24. The first-order chi connectivity index (χ1) is 13.4. The number of nitriles is 1. The van der Waals surface area contributed by atoms with Gasteiger partial charge in [0.2, 0.25) is 0 Å². The number of nitrogen functional groups attached to an aromatic ring is 1. The number of carbonyl (C=O) groups is 2. The van der Waals surface area contributed by atoms with Gasteiger partial charge in [-0.05, 0) is 23.9 Å². The highest BCUT2D eigenvalue weighted by atomic mass is 32.2. The maximum Gasteiger partial charge on any atom is 0.464 e. The number of anilines is 1. The van der Waals surface area contributed by atoms with Gasteiger partial charge in [-0.25, -0.2) is 0 Å². The average molecular weight is 430 g/mol. The third-order valence-corrected chi connectivity index (χ3v) is 4.93. The van der Waals surface area contributed by atoms with Crippen molar-refractivity contribution >= 4 is 29.4 Å². The van der Waals surface area contributed by atoms with E-state index in [0.717, 1.165) is 24.3 Å². The van der Waals surface area contributed by atoms with Crippen molar-refractivity contribution in [2.75, 3.05) is 5.73 Å². The molecule has 13 heteroatoms. The minimum atomic E-state index is -5.89. The highest BCUT2D eigenvalue weighted by molar-refractivity contribution is 8.00. The summed E-state index contributed by atoms with van der Waals surface area (Å²) in [5.74, 6) is -2.38. The fraction of sp³-hybridized carbons (Fsp3) is 0.125. The van der Waals surface area contributed by atoms with Crippen molar-refractivity contribution in [3.8, 4) is 11.8 Å². The number of nitrogens with zero attached hydrogens (tertiary/aromatic N) is 2. The van der Waals surface area contributed by atoms with Crippen LogP contribution in [0.4, 0.5) is 27.8 Å². The van der Waals surface area contributed by atoms with E-state index in [2.05, 4.69) is 0 Å². The molecule has 2 aromatic rings. The smallest absolute Gasteiger partial charge is 0.384 e. The summed E-state index contributed by atoms with van der Waals surface area (Å²) in [6.45, 7) is 0. The summed E-state index contributed by atoms with van der Waals surface area (Å²) in [6.07, 6.45) is -5.89. The normalized spacial score (nSPS) is 13.8. The zero-order chi connectivity index (χ0) is 21.7. The minimum Gasteiger partial charge on any atom is -0.384 e. The van der Waals surface area contributed by atoms with E-state index in [9.17, 15) is 41.6 Å². The van der Waals surface area contributed by atoms with Crippen molar-refractivity contribution in [1.82, 2.24) is 9.88 Å². The quantitative estimate of drug-likeness (QED) is 0.439. The predicted molar refractivity (Wildman–Crippen MR) is 89.8 cm³/mol. The van der Waals surface area contributed by atoms with Crippen molar-refractivity contribution in [1.29, 1.82) is 5.26 Å². The number of hydrogen-bond acceptors (Lipinski definition) is 6. The molecule has 0 fully saturated rings. The van der Waals surface area contributed by atoms with E-state index in [1.807, 2.05) is 5.32 Å². The molecule has 1 aromatic heterocycles. The summed E-state index contributed by atoms with van der Waals surface area (Å²) >= 11 is -0.919. The molecule has 3 rings (SSSR count). The lowest BCUT2D eigenvalue weighted by atomic mass is 10.1. The summed E-state index contributed by atoms with van der Waals surface area (Å²) in [4.78, 5) is 35.2. The third kappa shape index (κ3) is 3.21. The molecular formula is C16H7F5N4O3S. The number of nitrogens with two attached hydrogens (primary N) is 1. The lowest BCUT2D eigenvalue weighted by Gasteiger charge is -2.20. The number of carbonyl (C=O) groups excluding carboxylic acids is 2. The van der Waals surface area contributed by atoms with Gasteiger partial charge in [0.25, 0.3) is 17.4 Å². The SMILES string of the molecule is N#Cc1c(SC(F)(F)C(F)(F)F)cccc1-n1c(N)c2c(cc1=O)C(=O)NC2=O. The van der Waals surface area contributed by atoms with Crippen LogP contribution in [0.1, 0.15) is 26.3 Å². The second kappa shape index (κ2) is 6.59. The Bertz CT molecular complexity index is 1170. The van der Waals surface area contributed by atoms with Crippen LogP contribution in [-0.2, 0) is 0 Å². The summed E-state index contributed by atoms with van der Waals surface area (Å²) < 4.78 is 65.1. The Kier molecular flexibility index (Phi) is 4.62. The molecule has 0 saturated heterocycles. The molecule has 0 unspecified atom stereocenters. The van der Waals surface area contributed by atoms with Crippen LogP contribution in [-0.4, -0.2) is 27.8 Å². The molecule has 1 aliphatic heterocycles. The highest BCUT2D eigenvalue weighted by Crippen LogP contribution is 2.48. The molecule has 0 aliphatic carbocycles. The summed E-state index contributed by atoms with van der Waals surface area (Å²) in [5.41, 5.74) is 2.99. The van der Waals surface area contributed by atoms with E-state index in [1.54, 1.807) is 0 Å². The number of benzene rings is 1. The number of hydrogen-bond donors (Lipinski definition) is 2. The zero-order valence-corrected chi connectivity index (χ0v) is 14.6. The Labute approximate surface area is 161 Å². The molecule has 0 spiro atoms. The number of thioether (sulfide) groups is 1. The molecule has 0 atom stereocenters. The number of rotatable bonds is 3. The van der Waals surface area contributed by atoms with Crippen molar-refractivity contribution in [3.05, 3.63) is 51.3 Å². The topological polar surface area (TPSA) is 118 Å². The van der Waals surface area contributed by atoms with Crippen LogP contribution in [0.5, 0.6) is 0 Å². The number of amides is 2. The van der Waals surface area contributed by atoms with Gasteiger partial charge in [-0.15, -0.1) is 0 Å². The summed E-state index contributed by atoms with van der Waals surface area (Å²) in [7, 11) is 0. The highest BCUT2D eigenvalue weighted by Gasteiger charge is 2.58.